The number of carbonyl (C=O) groups excluding carboxylic acids is 1. The van der Waals surface area contributed by atoms with Gasteiger partial charge in [-0.25, -0.2) is 9.48 Å². The Morgan fingerprint density at radius 1 is 1.22 bits per heavy atom. The number of ether oxygens (including phenoxy) is 1. The summed E-state index contributed by atoms with van der Waals surface area (Å²) in [6, 6.07) is 3.37. The molecule has 196 valence electrons. The lowest BCUT2D eigenvalue weighted by molar-refractivity contribution is -0.140. The number of likely N-dealkylation sites (tertiary alicyclic amines) is 1. The van der Waals surface area contributed by atoms with Gasteiger partial charge in [0.25, 0.3) is 0 Å². The monoisotopic (exact) mass is 542 g/mol. The van der Waals surface area contributed by atoms with Gasteiger partial charge in [0.2, 0.25) is 5.91 Å². The van der Waals surface area contributed by atoms with Gasteiger partial charge < -0.3 is 29.7 Å². The first-order chi connectivity index (χ1) is 16.5. The number of aryl methyl sites for hydroxylation is 1. The largest absolute Gasteiger partial charge is 0.535 e. The summed E-state index contributed by atoms with van der Waals surface area (Å²) in [6.45, 7) is 5.33. The van der Waals surface area contributed by atoms with E-state index in [9.17, 15) is 19.7 Å². The summed E-state index contributed by atoms with van der Waals surface area (Å²) in [6.07, 6.45) is 2.42. The zero-order chi connectivity index (χ0) is 23.7. The van der Waals surface area contributed by atoms with Crippen LogP contribution in [0, 0.1) is 0 Å². The van der Waals surface area contributed by atoms with Crippen molar-refractivity contribution in [3.63, 3.8) is 0 Å². The summed E-state index contributed by atoms with van der Waals surface area (Å²) < 4.78 is 12.8. The number of benzene rings is 1. The second-order valence-corrected chi connectivity index (χ2v) is 8.82. The lowest BCUT2D eigenvalue weighted by atomic mass is 9.78. The molecule has 1 aromatic carbocycles. The van der Waals surface area contributed by atoms with Crippen molar-refractivity contribution >= 4 is 43.8 Å². The third-order valence-electron chi connectivity index (χ3n) is 6.30. The maximum atomic E-state index is 12.6. The van der Waals surface area contributed by atoms with Crippen molar-refractivity contribution in [3.8, 4) is 11.5 Å². The molecule has 0 atom stereocenters. The van der Waals surface area contributed by atoms with E-state index in [0.717, 1.165) is 37.4 Å². The van der Waals surface area contributed by atoms with Crippen LogP contribution in [0.1, 0.15) is 21.6 Å². The fourth-order valence-corrected chi connectivity index (χ4v) is 4.43. The number of carboxylic acid groups (broad SMARTS) is 1. The Morgan fingerprint density at radius 2 is 1.97 bits per heavy atom. The smallest absolute Gasteiger partial charge is 0.522 e. The van der Waals surface area contributed by atoms with E-state index in [1.807, 2.05) is 0 Å². The van der Waals surface area contributed by atoms with Crippen LogP contribution in [-0.2, 0) is 24.3 Å². The molecule has 0 radical (unpaired) electrons. The third-order valence-corrected chi connectivity index (χ3v) is 6.30. The number of nitrogens with one attached hydrogen (secondary N) is 1. The van der Waals surface area contributed by atoms with E-state index < -0.39 is 13.1 Å². The van der Waals surface area contributed by atoms with Gasteiger partial charge in [-0.15, -0.1) is 29.9 Å². The molecule has 0 aliphatic carbocycles. The quantitative estimate of drug-likeness (QED) is 0.407. The molecule has 2 aromatic rings. The molecule has 36 heavy (non-hydrogen) atoms. The third kappa shape index (κ3) is 6.21. The Balaban J connectivity index is 0.00000180. The van der Waals surface area contributed by atoms with Crippen molar-refractivity contribution in [1.29, 1.82) is 0 Å². The van der Waals surface area contributed by atoms with Crippen LogP contribution in [0.4, 0.5) is 0 Å². The summed E-state index contributed by atoms with van der Waals surface area (Å²) in [7, 11) is -1.04. The highest BCUT2D eigenvalue weighted by Crippen LogP contribution is 2.37. The van der Waals surface area contributed by atoms with Crippen LogP contribution in [0.3, 0.4) is 0 Å². The minimum Gasteiger partial charge on any atom is -0.535 e. The Kier molecular flexibility index (Phi) is 9.42. The maximum absolute atomic E-state index is 12.6. The predicted molar refractivity (Wildman–Crippen MR) is 134 cm³/mol. The van der Waals surface area contributed by atoms with Gasteiger partial charge in [0.15, 0.2) is 0 Å². The van der Waals surface area contributed by atoms with Crippen molar-refractivity contribution < 1.29 is 29.1 Å². The van der Waals surface area contributed by atoms with E-state index in [2.05, 4.69) is 20.5 Å². The molecule has 4 heterocycles. The molecule has 5 rings (SSSR count). The lowest BCUT2D eigenvalue weighted by Crippen LogP contribution is -2.57. The Bertz CT molecular complexity index is 1080. The van der Waals surface area contributed by atoms with Crippen molar-refractivity contribution in [1.82, 2.24) is 30.1 Å². The lowest BCUT2D eigenvalue weighted by Gasteiger charge is -2.39. The average molecular weight is 543 g/mol. The van der Waals surface area contributed by atoms with E-state index >= 15 is 0 Å². The molecule has 1 aromatic heterocycles. The summed E-state index contributed by atoms with van der Waals surface area (Å²) in [5.41, 5.74) is 1.46. The van der Waals surface area contributed by atoms with Crippen molar-refractivity contribution in [2.75, 3.05) is 39.3 Å². The summed E-state index contributed by atoms with van der Waals surface area (Å²) in [5.74, 6) is -0.963. The van der Waals surface area contributed by atoms with Crippen LogP contribution < -0.4 is 14.7 Å². The molecule has 2 saturated heterocycles. The normalized spacial score (nSPS) is 17.7. The number of aromatic nitrogens is 3. The molecule has 0 bridgehead atoms. The predicted octanol–water partition coefficient (Wildman–Crippen LogP) is -0.0697. The number of piperazine rings is 1. The molecule has 3 N–H and O–H groups in total. The Morgan fingerprint density at radius 3 is 2.69 bits per heavy atom. The van der Waals surface area contributed by atoms with Crippen LogP contribution in [-0.4, -0.2) is 99.3 Å². The highest BCUT2D eigenvalue weighted by atomic mass is 35.5. The van der Waals surface area contributed by atoms with E-state index in [4.69, 9.17) is 9.39 Å². The molecule has 15 heteroatoms. The van der Waals surface area contributed by atoms with Crippen LogP contribution in [0.5, 0.6) is 11.5 Å². The van der Waals surface area contributed by atoms with Gasteiger partial charge in [0, 0.05) is 32.7 Å². The molecule has 1 amide bonds. The van der Waals surface area contributed by atoms with Gasteiger partial charge in [-0.2, -0.15) is 0 Å². The van der Waals surface area contributed by atoms with Gasteiger partial charge in [-0.1, -0.05) is 11.3 Å². The Hall–Kier alpha value is -2.58. The van der Waals surface area contributed by atoms with Gasteiger partial charge in [0.05, 0.1) is 25.0 Å². The van der Waals surface area contributed by atoms with E-state index in [0.29, 0.717) is 32.4 Å². The number of aromatic carboxylic acids is 1. The minimum absolute atomic E-state index is 0. The molecule has 0 spiro atoms. The molecule has 0 saturated carbocycles. The second kappa shape index (κ2) is 12.1. The van der Waals surface area contributed by atoms with E-state index in [-0.39, 0.29) is 60.4 Å². The standard InChI is InChI=1S/C21H27BN6O6.2ClH/c29-18(13-28-10-15(24-25-28)9-26-7-5-23-6-8-26)27-11-16(12-27)33-17-2-1-14-3-4-22(32)34-20(14)19(17)21(30)31;;/h1-2,10,16,23,32H,3-9,11-13H2,(H,30,31);2*1H. The van der Waals surface area contributed by atoms with E-state index in [1.54, 1.807) is 27.9 Å². The topological polar surface area (TPSA) is 142 Å². The van der Waals surface area contributed by atoms with Crippen LogP contribution in [0.2, 0.25) is 6.32 Å². The van der Waals surface area contributed by atoms with Crippen LogP contribution in [0.15, 0.2) is 18.3 Å². The highest BCUT2D eigenvalue weighted by molar-refractivity contribution is 6.44. The van der Waals surface area contributed by atoms with E-state index in [1.165, 1.54) is 0 Å². The fourth-order valence-electron chi connectivity index (χ4n) is 4.43. The van der Waals surface area contributed by atoms with Crippen molar-refractivity contribution in [2.45, 2.75) is 31.9 Å². The molecule has 12 nitrogen and oxygen atoms in total. The number of nitrogens with zero attached hydrogens (tertiary/aromatic N) is 5. The first-order valence-corrected chi connectivity index (χ1v) is 11.5. The summed E-state index contributed by atoms with van der Waals surface area (Å²) >= 11 is 0. The number of hydrogen-bond acceptors (Lipinski definition) is 9. The fraction of sp³-hybridized carbons (Fsp3) is 0.524. The molecule has 3 aliphatic heterocycles. The molecular weight excluding hydrogens is 514 g/mol. The zero-order valence-corrected chi connectivity index (χ0v) is 21.2. The highest BCUT2D eigenvalue weighted by Gasteiger charge is 2.35. The Labute approximate surface area is 220 Å². The molecule has 0 unspecified atom stereocenters. The van der Waals surface area contributed by atoms with Gasteiger partial charge in [-0.05, 0) is 24.4 Å². The van der Waals surface area contributed by atoms with Gasteiger partial charge in [0.1, 0.15) is 29.7 Å². The average Bonchev–Trinajstić information content (AvgIpc) is 3.22. The maximum Gasteiger partial charge on any atom is 0.522 e. The van der Waals surface area contributed by atoms with Crippen molar-refractivity contribution in [2.24, 2.45) is 0 Å². The molecular formula is C21H29BCl2N6O6. The summed E-state index contributed by atoms with van der Waals surface area (Å²) in [4.78, 5) is 28.4. The SMILES string of the molecule is Cl.Cl.O=C(O)c1c(OC2CN(C(=O)Cn3cc(CN4CCNCC4)nn3)C2)ccc2c1OB(O)CC2. The van der Waals surface area contributed by atoms with Crippen LogP contribution in [0.25, 0.3) is 0 Å². The molecule has 3 aliphatic rings. The second-order valence-electron chi connectivity index (χ2n) is 8.82. The van der Waals surface area contributed by atoms with Crippen molar-refractivity contribution in [3.05, 3.63) is 35.2 Å². The van der Waals surface area contributed by atoms with Gasteiger partial charge in [-0.3, -0.25) is 9.69 Å². The number of carbonyl (C=O) groups is 2. The number of rotatable bonds is 7. The molecule has 2 fully saturated rings. The summed E-state index contributed by atoms with van der Waals surface area (Å²) in [5, 5.41) is 31.0. The van der Waals surface area contributed by atoms with Gasteiger partial charge >= 0.3 is 13.1 Å². The number of hydrogen-bond donors (Lipinski definition) is 3. The zero-order valence-electron chi connectivity index (χ0n) is 19.5. The van der Waals surface area contributed by atoms with Crippen LogP contribution >= 0.6 is 24.8 Å². The first-order valence-electron chi connectivity index (χ1n) is 11.5. The minimum atomic E-state index is -1.18. The number of halogens is 2. The first kappa shape index (κ1) is 28.0. The number of amides is 1. The number of carboxylic acids is 1. The number of fused-ring (bicyclic) bond motifs is 1.